The van der Waals surface area contributed by atoms with Crippen molar-refractivity contribution in [2.75, 3.05) is 6.61 Å². The van der Waals surface area contributed by atoms with Gasteiger partial charge in [0.2, 0.25) is 5.91 Å². The largest absolute Gasteiger partial charge is 0.462 e. The van der Waals surface area contributed by atoms with Crippen molar-refractivity contribution in [3.8, 4) is 0 Å². The first kappa shape index (κ1) is 64.3. The number of aliphatic hydroxyl groups excluding tert-OH is 2. The second-order valence-electron chi connectivity index (χ2n) is 19.3. The fraction of sp³-hybridized carbons (Fsp3) is 0.770. The lowest BCUT2D eigenvalue weighted by atomic mass is 10.0. The molecule has 0 aliphatic rings. The van der Waals surface area contributed by atoms with Crippen molar-refractivity contribution in [1.29, 1.82) is 0 Å². The van der Waals surface area contributed by atoms with Crippen LogP contribution >= 0.6 is 0 Å². The molecule has 1 amide bonds. The van der Waals surface area contributed by atoms with Crippen LogP contribution in [0.15, 0.2) is 72.9 Å². The summed E-state index contributed by atoms with van der Waals surface area (Å²) in [5, 5.41) is 23.9. The fourth-order valence-electron chi connectivity index (χ4n) is 8.45. The molecule has 0 spiro atoms. The van der Waals surface area contributed by atoms with Gasteiger partial charge in [0.15, 0.2) is 0 Å². The topological polar surface area (TPSA) is 95.9 Å². The number of nitrogens with one attached hydrogen (secondary N) is 1. The summed E-state index contributed by atoms with van der Waals surface area (Å²) in [7, 11) is 0. The summed E-state index contributed by atoms with van der Waals surface area (Å²) in [6.07, 6.45) is 69.7. The molecule has 6 nitrogen and oxygen atoms in total. The summed E-state index contributed by atoms with van der Waals surface area (Å²) in [4.78, 5) is 26.2. The van der Waals surface area contributed by atoms with Crippen LogP contribution in [0.4, 0.5) is 0 Å². The monoisotopic (exact) mass is 936 g/mol. The lowest BCUT2D eigenvalue weighted by molar-refractivity contribution is -0.151. The summed E-state index contributed by atoms with van der Waals surface area (Å²) < 4.78 is 5.93. The van der Waals surface area contributed by atoms with E-state index in [0.29, 0.717) is 19.3 Å². The van der Waals surface area contributed by atoms with Gasteiger partial charge in [0.05, 0.1) is 25.2 Å². The zero-order chi connectivity index (χ0) is 48.8. The standard InChI is InChI=1S/C61H109NO5/c1-4-7-10-13-16-19-22-25-27-29-30-32-34-36-39-42-45-48-51-54-61(66)67-57(52-49-46-43-40-37-24-21-18-15-12-9-6-3)55-60(65)62-58(56-63)59(64)53-50-47-44-41-38-35-33-31-28-26-23-20-17-14-11-8-5-2/h9,12,16,18-19,21,25,27,30,32,36,39,57-59,63-64H,4-8,10-11,13-15,17,20,22-24,26,28-29,31,33-35,37-38,40-56H2,1-3H3,(H,62,65)/b12-9+,19-16-,21-18+,27-25-,32-30-,39-36-. The molecule has 0 aliphatic carbocycles. The van der Waals surface area contributed by atoms with Crippen molar-refractivity contribution in [2.24, 2.45) is 0 Å². The minimum atomic E-state index is -0.801. The SMILES string of the molecule is CC/C=C/C/C=C/CCCCCCCC(CC(=O)NC(CO)C(O)CCCCCCCCCCCCCCCCCCC)OC(=O)CCCCC/C=C\C/C=C\C/C=C\C/C=C\CCCCC. The molecule has 0 aromatic carbocycles. The minimum Gasteiger partial charge on any atom is -0.462 e. The Morgan fingerprint density at radius 2 is 0.806 bits per heavy atom. The van der Waals surface area contributed by atoms with Crippen LogP contribution in [-0.2, 0) is 14.3 Å². The normalized spacial score (nSPS) is 13.7. The smallest absolute Gasteiger partial charge is 0.306 e. The highest BCUT2D eigenvalue weighted by atomic mass is 16.5. The van der Waals surface area contributed by atoms with Crippen LogP contribution in [0, 0.1) is 0 Å². The summed E-state index contributed by atoms with van der Waals surface area (Å²) in [5.41, 5.74) is 0. The number of allylic oxidation sites excluding steroid dienone is 12. The fourth-order valence-corrected chi connectivity index (χ4v) is 8.45. The number of hydrogen-bond donors (Lipinski definition) is 3. The molecule has 0 aromatic heterocycles. The number of ether oxygens (including phenoxy) is 1. The maximum atomic E-state index is 13.3. The highest BCUT2D eigenvalue weighted by Gasteiger charge is 2.24. The zero-order valence-electron chi connectivity index (χ0n) is 44.3. The van der Waals surface area contributed by atoms with Crippen molar-refractivity contribution in [1.82, 2.24) is 5.32 Å². The second-order valence-corrected chi connectivity index (χ2v) is 19.3. The van der Waals surface area contributed by atoms with Crippen LogP contribution in [0.2, 0.25) is 0 Å². The minimum absolute atomic E-state index is 0.0530. The third-order valence-electron chi connectivity index (χ3n) is 12.8. The van der Waals surface area contributed by atoms with Gasteiger partial charge < -0.3 is 20.3 Å². The van der Waals surface area contributed by atoms with Gasteiger partial charge in [-0.2, -0.15) is 0 Å². The third-order valence-corrected chi connectivity index (χ3v) is 12.8. The summed E-state index contributed by atoms with van der Waals surface area (Å²) in [6.45, 7) is 6.36. The lowest BCUT2D eigenvalue weighted by Crippen LogP contribution is -2.46. The van der Waals surface area contributed by atoms with E-state index < -0.39 is 18.2 Å². The van der Waals surface area contributed by atoms with E-state index in [4.69, 9.17) is 4.74 Å². The van der Waals surface area contributed by atoms with Crippen LogP contribution in [0.5, 0.6) is 0 Å². The van der Waals surface area contributed by atoms with Gasteiger partial charge in [-0.1, -0.05) is 241 Å². The number of esters is 1. The van der Waals surface area contributed by atoms with Crippen LogP contribution in [-0.4, -0.2) is 46.9 Å². The van der Waals surface area contributed by atoms with Gasteiger partial charge in [0.1, 0.15) is 6.10 Å². The van der Waals surface area contributed by atoms with Crippen molar-refractivity contribution in [3.05, 3.63) is 72.9 Å². The number of amides is 1. The Hall–Kier alpha value is -2.70. The van der Waals surface area contributed by atoms with E-state index in [1.807, 2.05) is 0 Å². The average molecular weight is 937 g/mol. The van der Waals surface area contributed by atoms with Crippen molar-refractivity contribution in [2.45, 2.75) is 296 Å². The molecule has 0 aromatic rings. The molecule has 3 N–H and O–H groups in total. The first-order valence-corrected chi connectivity index (χ1v) is 28.7. The third kappa shape index (κ3) is 49.5. The van der Waals surface area contributed by atoms with Gasteiger partial charge in [-0.05, 0) is 96.3 Å². The molecule has 388 valence electrons. The van der Waals surface area contributed by atoms with Gasteiger partial charge in [-0.3, -0.25) is 9.59 Å². The molecule has 3 unspecified atom stereocenters. The van der Waals surface area contributed by atoms with Crippen molar-refractivity contribution < 1.29 is 24.5 Å². The summed E-state index contributed by atoms with van der Waals surface area (Å²) >= 11 is 0. The quantitative estimate of drug-likeness (QED) is 0.0321. The van der Waals surface area contributed by atoms with Gasteiger partial charge >= 0.3 is 5.97 Å². The Kier molecular flexibility index (Phi) is 52.1. The maximum Gasteiger partial charge on any atom is 0.306 e. The Balaban J connectivity index is 4.55. The predicted octanol–water partition coefficient (Wildman–Crippen LogP) is 17.7. The maximum absolute atomic E-state index is 13.3. The molecule has 67 heavy (non-hydrogen) atoms. The van der Waals surface area contributed by atoms with E-state index >= 15 is 0 Å². The van der Waals surface area contributed by atoms with Crippen LogP contribution < -0.4 is 5.32 Å². The van der Waals surface area contributed by atoms with E-state index in [2.05, 4.69) is 99.0 Å². The molecular weight excluding hydrogens is 827 g/mol. The first-order chi connectivity index (χ1) is 33.0. The predicted molar refractivity (Wildman–Crippen MR) is 291 cm³/mol. The van der Waals surface area contributed by atoms with E-state index in [0.717, 1.165) is 109 Å². The van der Waals surface area contributed by atoms with Crippen LogP contribution in [0.3, 0.4) is 0 Å². The average Bonchev–Trinajstić information content (AvgIpc) is 3.32. The van der Waals surface area contributed by atoms with E-state index in [1.165, 1.54) is 122 Å². The number of unbranched alkanes of at least 4 members (excludes halogenated alkanes) is 27. The molecule has 0 heterocycles. The van der Waals surface area contributed by atoms with E-state index in [1.54, 1.807) is 0 Å². The molecular formula is C61H109NO5. The number of carbonyl (C=O) groups excluding carboxylic acids is 2. The second kappa shape index (κ2) is 54.2. The van der Waals surface area contributed by atoms with Gasteiger partial charge in [-0.25, -0.2) is 0 Å². The molecule has 0 radical (unpaired) electrons. The van der Waals surface area contributed by atoms with Crippen LogP contribution in [0.25, 0.3) is 0 Å². The molecule has 3 atom stereocenters. The highest BCUT2D eigenvalue weighted by molar-refractivity contribution is 5.77. The zero-order valence-corrected chi connectivity index (χ0v) is 44.3. The number of rotatable bonds is 51. The number of hydrogen-bond acceptors (Lipinski definition) is 5. The molecule has 6 heteroatoms. The molecule has 0 fully saturated rings. The Morgan fingerprint density at radius 3 is 1.25 bits per heavy atom. The first-order valence-electron chi connectivity index (χ1n) is 28.7. The highest BCUT2D eigenvalue weighted by Crippen LogP contribution is 2.18. The van der Waals surface area contributed by atoms with E-state index in [-0.39, 0.29) is 24.9 Å². The lowest BCUT2D eigenvalue weighted by Gasteiger charge is -2.24. The molecule has 0 aliphatic heterocycles. The summed E-state index contributed by atoms with van der Waals surface area (Å²) in [6, 6.07) is -0.716. The van der Waals surface area contributed by atoms with Crippen LogP contribution in [0.1, 0.15) is 278 Å². The Bertz CT molecular complexity index is 1230. The van der Waals surface area contributed by atoms with Gasteiger partial charge in [-0.15, -0.1) is 0 Å². The Labute approximate surface area is 415 Å². The molecule has 0 bridgehead atoms. The van der Waals surface area contributed by atoms with Crippen molar-refractivity contribution in [3.63, 3.8) is 0 Å². The van der Waals surface area contributed by atoms with Gasteiger partial charge in [0.25, 0.3) is 0 Å². The molecule has 0 saturated carbocycles. The van der Waals surface area contributed by atoms with Gasteiger partial charge in [0, 0.05) is 6.42 Å². The summed E-state index contributed by atoms with van der Waals surface area (Å²) in [5.74, 6) is -0.522. The number of aliphatic hydroxyl groups is 2. The molecule has 0 saturated heterocycles. The van der Waals surface area contributed by atoms with Crippen molar-refractivity contribution >= 4 is 11.9 Å². The Morgan fingerprint density at radius 1 is 0.448 bits per heavy atom. The molecule has 0 rings (SSSR count). The number of carbonyl (C=O) groups is 2. The van der Waals surface area contributed by atoms with E-state index in [9.17, 15) is 19.8 Å².